The second-order valence-electron chi connectivity index (χ2n) is 9.06. The standard InChI is InChI=1S/2C16H18.C2H6O.4C2H6.CH4O.CH3.Y/c2*1-14-10-12-16(13-11-14)9-5-8-15-6-3-2-4-7-15;1-3-2;5*1-2;;/h2*2-4,6-7,10-13H,5,8-9H2,1H3;1-2H3;4*1-2H3;2H,1H3;1H3;/q;;;;;;;;-1;. The zero-order chi connectivity index (χ0) is 35.1. The Labute approximate surface area is 319 Å². The molecule has 0 atom stereocenters. The Morgan fingerprint density at radius 1 is 0.404 bits per heavy atom. The van der Waals surface area contributed by atoms with Crippen LogP contribution in [0.4, 0.5) is 0 Å². The summed E-state index contributed by atoms with van der Waals surface area (Å²) in [5.74, 6) is 0. The summed E-state index contributed by atoms with van der Waals surface area (Å²) < 4.78 is 4.25. The molecule has 0 aliphatic heterocycles. The average Bonchev–Trinajstić information content (AvgIpc) is 3.13. The van der Waals surface area contributed by atoms with E-state index in [0.717, 1.165) is 7.11 Å². The molecule has 0 fully saturated rings. The molecular weight excluding hydrogens is 649 g/mol. The van der Waals surface area contributed by atoms with Crippen molar-refractivity contribution in [2.45, 2.75) is 108 Å². The molecule has 265 valence electrons. The van der Waals surface area contributed by atoms with Crippen LogP contribution in [0.25, 0.3) is 0 Å². The first-order valence-electron chi connectivity index (χ1n) is 17.1. The molecule has 0 aliphatic rings. The number of methoxy groups -OCH3 is 1. The monoisotopic (exact) mass is 722 g/mol. The predicted molar refractivity (Wildman–Crippen MR) is 212 cm³/mol. The molecule has 2 nitrogen and oxygen atoms in total. The van der Waals surface area contributed by atoms with Crippen molar-refractivity contribution in [1.82, 2.24) is 0 Å². The molecule has 3 heteroatoms. The van der Waals surface area contributed by atoms with Gasteiger partial charge in [-0.3, -0.25) is 0 Å². The second kappa shape index (κ2) is 48.3. The van der Waals surface area contributed by atoms with E-state index in [0.29, 0.717) is 0 Å². The zero-order valence-corrected chi connectivity index (χ0v) is 35.9. The zero-order valence-electron chi connectivity index (χ0n) is 33.1. The van der Waals surface area contributed by atoms with Crippen LogP contribution in [0.5, 0.6) is 0 Å². The molecule has 4 rings (SSSR count). The molecule has 0 spiro atoms. The fourth-order valence-electron chi connectivity index (χ4n) is 3.79. The van der Waals surface area contributed by atoms with Gasteiger partial charge in [-0.2, -0.15) is 0 Å². The van der Waals surface area contributed by atoms with Crippen LogP contribution >= 0.6 is 0 Å². The van der Waals surface area contributed by atoms with Crippen LogP contribution in [0.15, 0.2) is 109 Å². The summed E-state index contributed by atoms with van der Waals surface area (Å²) in [4.78, 5) is 0. The molecule has 0 aromatic heterocycles. The summed E-state index contributed by atoms with van der Waals surface area (Å²) >= 11 is 0. The van der Waals surface area contributed by atoms with Gasteiger partial charge in [-0.05, 0) is 74.6 Å². The molecule has 0 amide bonds. The van der Waals surface area contributed by atoms with Crippen LogP contribution in [0.1, 0.15) is 102 Å². The van der Waals surface area contributed by atoms with Crippen molar-refractivity contribution in [2.75, 3.05) is 21.3 Å². The number of ether oxygens (including phenoxy) is 1. The Kier molecular flexibility index (Phi) is 58.8. The molecule has 4 aromatic rings. The third-order valence-corrected chi connectivity index (χ3v) is 5.79. The largest absolute Gasteiger partial charge is 0.400 e. The van der Waals surface area contributed by atoms with Crippen molar-refractivity contribution >= 4 is 0 Å². The van der Waals surface area contributed by atoms with Crippen molar-refractivity contribution in [3.8, 4) is 0 Å². The van der Waals surface area contributed by atoms with Crippen LogP contribution < -0.4 is 0 Å². The van der Waals surface area contributed by atoms with E-state index < -0.39 is 0 Å². The van der Waals surface area contributed by atoms with Gasteiger partial charge in [0.05, 0.1) is 0 Å². The Morgan fingerprint density at radius 2 is 0.596 bits per heavy atom. The van der Waals surface area contributed by atoms with Gasteiger partial charge in [0.1, 0.15) is 0 Å². The molecule has 47 heavy (non-hydrogen) atoms. The van der Waals surface area contributed by atoms with Gasteiger partial charge in [0, 0.05) is 54.0 Å². The van der Waals surface area contributed by atoms with Gasteiger partial charge in [-0.25, -0.2) is 0 Å². The summed E-state index contributed by atoms with van der Waals surface area (Å²) in [5, 5.41) is 7.00. The van der Waals surface area contributed by atoms with E-state index in [1.54, 1.807) is 14.2 Å². The molecule has 0 unspecified atom stereocenters. The van der Waals surface area contributed by atoms with Gasteiger partial charge >= 0.3 is 0 Å². The Hall–Kier alpha value is -2.10. The molecule has 4 aromatic carbocycles. The van der Waals surface area contributed by atoms with Gasteiger partial charge in [0.2, 0.25) is 0 Å². The van der Waals surface area contributed by atoms with Crippen molar-refractivity contribution < 1.29 is 42.6 Å². The van der Waals surface area contributed by atoms with Crippen LogP contribution in [0.3, 0.4) is 0 Å². The number of hydrogen-bond acceptors (Lipinski definition) is 2. The van der Waals surface area contributed by atoms with Crippen molar-refractivity contribution in [3.63, 3.8) is 0 Å². The predicted octanol–water partition coefficient (Wildman–Crippen LogP) is 12.8. The molecule has 0 saturated heterocycles. The Balaban J connectivity index is -0.000000128. The van der Waals surface area contributed by atoms with Gasteiger partial charge in [0.15, 0.2) is 0 Å². The Morgan fingerprint density at radius 3 is 0.809 bits per heavy atom. The van der Waals surface area contributed by atoms with Gasteiger partial charge < -0.3 is 17.3 Å². The third kappa shape index (κ3) is 36.6. The van der Waals surface area contributed by atoms with Gasteiger partial charge in [-0.15, -0.1) is 0 Å². The number of aliphatic hydroxyl groups excluding tert-OH is 1. The molecular formula is C44H73O2Y-. The van der Waals surface area contributed by atoms with E-state index in [1.165, 1.54) is 71.9 Å². The van der Waals surface area contributed by atoms with Gasteiger partial charge in [0.25, 0.3) is 0 Å². The fraction of sp³-hybridized carbons (Fsp3) is 0.432. The molecule has 0 heterocycles. The summed E-state index contributed by atoms with van der Waals surface area (Å²) in [7, 11) is 4.25. The van der Waals surface area contributed by atoms with Crippen molar-refractivity contribution in [2.24, 2.45) is 0 Å². The summed E-state index contributed by atoms with van der Waals surface area (Å²) in [6.45, 7) is 20.3. The molecule has 1 radical (unpaired) electrons. The molecule has 0 bridgehead atoms. The molecule has 1 N–H and O–H groups in total. The average molecular weight is 723 g/mol. The normalized spacial score (nSPS) is 8.04. The quantitative estimate of drug-likeness (QED) is 0.184. The number of aryl methyl sites for hydroxylation is 6. The van der Waals surface area contributed by atoms with E-state index in [9.17, 15) is 0 Å². The number of hydrogen-bond donors (Lipinski definition) is 1. The number of rotatable bonds is 8. The minimum Gasteiger partial charge on any atom is -0.400 e. The minimum atomic E-state index is 0. The maximum absolute atomic E-state index is 7.00. The smallest absolute Gasteiger partial charge is 0.0351 e. The van der Waals surface area contributed by atoms with E-state index in [1.807, 2.05) is 55.4 Å². The minimum absolute atomic E-state index is 0. The van der Waals surface area contributed by atoms with Crippen LogP contribution in [0.2, 0.25) is 0 Å². The maximum Gasteiger partial charge on any atom is 0.0351 e. The third-order valence-electron chi connectivity index (χ3n) is 5.79. The number of benzene rings is 4. The van der Waals surface area contributed by atoms with Crippen LogP contribution in [-0.2, 0) is 63.1 Å². The van der Waals surface area contributed by atoms with Crippen LogP contribution in [0, 0.1) is 21.3 Å². The first kappa shape index (κ1) is 57.2. The van der Waals surface area contributed by atoms with Gasteiger partial charge in [-0.1, -0.05) is 176 Å². The first-order chi connectivity index (χ1) is 22.1. The first-order valence-corrected chi connectivity index (χ1v) is 17.1. The van der Waals surface area contributed by atoms with E-state index >= 15 is 0 Å². The molecule has 0 saturated carbocycles. The maximum atomic E-state index is 7.00. The fourth-order valence-corrected chi connectivity index (χ4v) is 3.79. The van der Waals surface area contributed by atoms with E-state index in [2.05, 4.69) is 128 Å². The molecule has 0 aliphatic carbocycles. The van der Waals surface area contributed by atoms with Crippen molar-refractivity contribution in [3.05, 3.63) is 150 Å². The van der Waals surface area contributed by atoms with Crippen molar-refractivity contribution in [1.29, 1.82) is 0 Å². The number of aliphatic hydroxyl groups is 1. The summed E-state index contributed by atoms with van der Waals surface area (Å²) in [6, 6.07) is 39.1. The topological polar surface area (TPSA) is 29.5 Å². The second-order valence-corrected chi connectivity index (χ2v) is 9.06. The Bertz CT molecular complexity index is 945. The summed E-state index contributed by atoms with van der Waals surface area (Å²) in [5.41, 5.74) is 8.45. The SMILES string of the molecule is CC.CC.CC.CC.CO.COC.Cc1ccc(CCCc2ccccc2)cc1.Cc1ccc(CCCc2ccccc2)cc1.[CH3-].[Y]. The van der Waals surface area contributed by atoms with E-state index in [-0.39, 0.29) is 40.1 Å². The summed E-state index contributed by atoms with van der Waals surface area (Å²) in [6.07, 6.45) is 7.16. The van der Waals surface area contributed by atoms with Crippen LogP contribution in [-0.4, -0.2) is 26.4 Å². The van der Waals surface area contributed by atoms with E-state index in [4.69, 9.17) is 5.11 Å².